The van der Waals surface area contributed by atoms with Crippen molar-refractivity contribution in [3.63, 3.8) is 0 Å². The Morgan fingerprint density at radius 1 is 1.14 bits per heavy atom. The summed E-state index contributed by atoms with van der Waals surface area (Å²) >= 11 is 0. The first kappa shape index (κ1) is 29.1. The van der Waals surface area contributed by atoms with Crippen molar-refractivity contribution in [1.29, 1.82) is 5.26 Å². The fourth-order valence-electron chi connectivity index (χ4n) is 5.96. The molecule has 2 aromatic carbocycles. The number of carbonyl (C=O) groups excluding carboxylic acids is 1. The molecule has 12 nitrogen and oxygen atoms in total. The number of imidazole rings is 1. The number of likely N-dealkylation sites (tertiary alicyclic amines) is 2. The number of carbonyl (C=O) groups is 1. The molecule has 2 aliphatic rings. The van der Waals surface area contributed by atoms with Gasteiger partial charge in [-0.1, -0.05) is 18.2 Å². The third-order valence-corrected chi connectivity index (χ3v) is 8.36. The van der Waals surface area contributed by atoms with Gasteiger partial charge in [0.1, 0.15) is 35.0 Å². The number of aliphatic hydroxyl groups is 1. The summed E-state index contributed by atoms with van der Waals surface area (Å²) in [6.07, 6.45) is 4.00. The highest BCUT2D eigenvalue weighted by molar-refractivity contribution is 5.97. The molecule has 0 saturated carbocycles. The zero-order chi connectivity index (χ0) is 31.0. The molecule has 1 amide bonds. The molecule has 226 valence electrons. The highest BCUT2D eigenvalue weighted by atomic mass is 16.5. The minimum Gasteiger partial charge on any atom is -0.457 e. The number of β-amino-alcohol motifs (C(OH)–C–C–N with tert-alkyl or cyclic N) is 1. The Kier molecular flexibility index (Phi) is 7.67. The molecule has 4 heterocycles. The Morgan fingerprint density at radius 2 is 1.84 bits per heavy atom. The number of anilines is 1. The molecule has 0 radical (unpaired) electrons. The van der Waals surface area contributed by atoms with Gasteiger partial charge in [-0.2, -0.15) is 5.26 Å². The Morgan fingerprint density at radius 3 is 2.52 bits per heavy atom. The van der Waals surface area contributed by atoms with Crippen LogP contribution in [-0.4, -0.2) is 77.2 Å². The maximum atomic E-state index is 14.0. The number of nitrogen functional groups attached to an aromatic ring is 1. The van der Waals surface area contributed by atoms with Crippen molar-refractivity contribution in [3.8, 4) is 23.3 Å². The molecule has 1 atom stereocenters. The number of hydrogen-bond donors (Lipinski definition) is 2. The topological polar surface area (TPSA) is 156 Å². The number of nitrogens with zero attached hydrogens (tertiary/aromatic N) is 7. The maximum Gasteiger partial charge on any atom is 0.335 e. The van der Waals surface area contributed by atoms with Gasteiger partial charge >= 0.3 is 5.69 Å². The molecule has 2 saturated heterocycles. The molecule has 6 rings (SSSR count). The van der Waals surface area contributed by atoms with Gasteiger partial charge in [-0.15, -0.1) is 0 Å². The number of nitrogens with two attached hydrogens (primary N) is 1. The summed E-state index contributed by atoms with van der Waals surface area (Å²) in [5.41, 5.74) is 6.69. The summed E-state index contributed by atoms with van der Waals surface area (Å²) in [5.74, 6) is 1.09. The molecule has 3 N–H and O–H groups in total. The molecule has 2 aromatic heterocycles. The first-order chi connectivity index (χ1) is 21.2. The highest BCUT2D eigenvalue weighted by Gasteiger charge is 2.38. The number of benzene rings is 2. The van der Waals surface area contributed by atoms with Crippen LogP contribution < -0.4 is 16.2 Å². The van der Waals surface area contributed by atoms with E-state index in [1.165, 1.54) is 15.5 Å². The van der Waals surface area contributed by atoms with E-state index in [4.69, 9.17) is 10.5 Å². The van der Waals surface area contributed by atoms with Gasteiger partial charge in [-0.25, -0.2) is 14.8 Å². The summed E-state index contributed by atoms with van der Waals surface area (Å²) in [7, 11) is 0. The van der Waals surface area contributed by atoms with Crippen molar-refractivity contribution in [2.75, 3.05) is 25.4 Å². The third-order valence-electron chi connectivity index (χ3n) is 8.36. The largest absolute Gasteiger partial charge is 0.457 e. The van der Waals surface area contributed by atoms with Gasteiger partial charge in [0.25, 0.3) is 5.91 Å². The van der Waals surface area contributed by atoms with E-state index >= 15 is 0 Å². The number of para-hydroxylation sites is 1. The highest BCUT2D eigenvalue weighted by Crippen LogP contribution is 2.29. The van der Waals surface area contributed by atoms with Gasteiger partial charge in [0, 0.05) is 31.7 Å². The van der Waals surface area contributed by atoms with Gasteiger partial charge in [0.05, 0.1) is 17.8 Å². The number of fused-ring (bicyclic) bond motifs is 1. The second-order valence-corrected chi connectivity index (χ2v) is 11.7. The van der Waals surface area contributed by atoms with Crippen LogP contribution in [0.4, 0.5) is 5.82 Å². The fraction of sp³-hybridized carbons (Fsp3) is 0.344. The summed E-state index contributed by atoms with van der Waals surface area (Å²) in [4.78, 5) is 39.9. The Hall–Kier alpha value is -4.99. The molecular weight excluding hydrogens is 560 g/mol. The van der Waals surface area contributed by atoms with Crippen LogP contribution in [0.15, 0.2) is 77.4 Å². The van der Waals surface area contributed by atoms with Crippen molar-refractivity contribution in [2.24, 2.45) is 0 Å². The molecule has 2 aliphatic heterocycles. The number of nitriles is 1. The van der Waals surface area contributed by atoms with E-state index in [1.54, 1.807) is 35.2 Å². The monoisotopic (exact) mass is 594 g/mol. The Bertz CT molecular complexity index is 1820. The molecule has 12 heteroatoms. The lowest BCUT2D eigenvalue weighted by Gasteiger charge is -2.46. The SMILES string of the molecule is CC(C)(C=C(C#N)C(=O)N1CCC[C@H]1Cn1c(=O)n(-c2ccc(Oc3ccccc3)cc2)c2c(N)ncnc21)N1CC(O)C1. The predicted octanol–water partition coefficient (Wildman–Crippen LogP) is 2.85. The summed E-state index contributed by atoms with van der Waals surface area (Å²) in [6, 6.07) is 18.2. The van der Waals surface area contributed by atoms with Crippen LogP contribution in [0.3, 0.4) is 0 Å². The minimum atomic E-state index is -0.574. The molecule has 0 bridgehead atoms. The number of ether oxygens (including phenoxy) is 1. The van der Waals surface area contributed by atoms with Crippen molar-refractivity contribution >= 4 is 22.9 Å². The van der Waals surface area contributed by atoms with Gasteiger partial charge in [0.15, 0.2) is 11.5 Å². The first-order valence-electron chi connectivity index (χ1n) is 14.6. The smallest absolute Gasteiger partial charge is 0.335 e. The summed E-state index contributed by atoms with van der Waals surface area (Å²) < 4.78 is 8.91. The van der Waals surface area contributed by atoms with Crippen molar-refractivity contribution < 1.29 is 14.6 Å². The molecule has 0 aliphatic carbocycles. The van der Waals surface area contributed by atoms with Crippen molar-refractivity contribution in [1.82, 2.24) is 28.9 Å². The summed E-state index contributed by atoms with van der Waals surface area (Å²) in [5, 5.41) is 19.7. The van der Waals surface area contributed by atoms with Crippen LogP contribution >= 0.6 is 0 Å². The van der Waals surface area contributed by atoms with Crippen LogP contribution in [0, 0.1) is 11.3 Å². The van der Waals surface area contributed by atoms with Crippen molar-refractivity contribution in [2.45, 2.75) is 50.9 Å². The quantitative estimate of drug-likeness (QED) is 0.231. The van der Waals surface area contributed by atoms with Gasteiger partial charge < -0.3 is 20.5 Å². The second-order valence-electron chi connectivity index (χ2n) is 11.7. The number of hydrogen-bond acceptors (Lipinski definition) is 9. The number of amides is 1. The van der Waals surface area contributed by atoms with E-state index < -0.39 is 11.6 Å². The third kappa shape index (κ3) is 5.43. The molecule has 4 aromatic rings. The van der Waals surface area contributed by atoms with E-state index in [0.717, 1.165) is 6.42 Å². The van der Waals surface area contributed by atoms with Gasteiger partial charge in [0.2, 0.25) is 0 Å². The van der Waals surface area contributed by atoms with Crippen LogP contribution in [0.25, 0.3) is 16.9 Å². The predicted molar refractivity (Wildman–Crippen MR) is 164 cm³/mol. The number of aliphatic hydroxyl groups excluding tert-OH is 1. The zero-order valence-electron chi connectivity index (χ0n) is 24.6. The van der Waals surface area contributed by atoms with Crippen LogP contribution in [-0.2, 0) is 11.3 Å². The second kappa shape index (κ2) is 11.6. The average molecular weight is 595 g/mol. The normalized spacial score (nSPS) is 17.9. The molecule has 0 spiro atoms. The van der Waals surface area contributed by atoms with Crippen LogP contribution in [0.1, 0.15) is 26.7 Å². The molecular formula is C32H34N8O4. The van der Waals surface area contributed by atoms with Crippen LogP contribution in [0.5, 0.6) is 11.5 Å². The van der Waals surface area contributed by atoms with Crippen molar-refractivity contribution in [3.05, 3.63) is 83.1 Å². The molecule has 44 heavy (non-hydrogen) atoms. The lowest BCUT2D eigenvalue weighted by atomic mass is 9.94. The standard InChI is InChI=1S/C32H34N8O4/c1-32(2,37-18-24(41)19-37)15-21(16-33)30(42)38-14-6-7-23(38)17-39-29-27(28(34)35-20-36-29)40(31(39)43)22-10-12-26(13-11-22)44-25-8-4-3-5-9-25/h3-5,8-13,15,20,23-24,41H,6-7,14,17-19H2,1-2H3,(H2,34,35,36)/t23-/m0/s1. The van der Waals surface area contributed by atoms with Crippen LogP contribution in [0.2, 0.25) is 0 Å². The first-order valence-corrected chi connectivity index (χ1v) is 14.6. The Balaban J connectivity index is 1.29. The molecule has 2 fully saturated rings. The van der Waals surface area contributed by atoms with E-state index in [1.807, 2.05) is 49.1 Å². The van der Waals surface area contributed by atoms with E-state index in [-0.39, 0.29) is 35.6 Å². The zero-order valence-corrected chi connectivity index (χ0v) is 24.6. The Labute approximate surface area is 254 Å². The minimum absolute atomic E-state index is 0.0439. The van der Waals surface area contributed by atoms with Gasteiger partial charge in [-0.3, -0.25) is 18.8 Å². The maximum absolute atomic E-state index is 14.0. The van der Waals surface area contributed by atoms with E-state index in [0.29, 0.717) is 54.4 Å². The van der Waals surface area contributed by atoms with E-state index in [2.05, 4.69) is 16.0 Å². The number of aromatic nitrogens is 4. The van der Waals surface area contributed by atoms with E-state index in [9.17, 15) is 20.0 Å². The van der Waals surface area contributed by atoms with Gasteiger partial charge in [-0.05, 0) is 69.2 Å². The molecule has 0 unspecified atom stereocenters. The number of rotatable bonds is 8. The lowest BCUT2D eigenvalue weighted by Crippen LogP contribution is -2.59. The average Bonchev–Trinajstić information content (AvgIpc) is 3.58. The fourth-order valence-corrected chi connectivity index (χ4v) is 5.96. The summed E-state index contributed by atoms with van der Waals surface area (Å²) in [6.45, 7) is 5.47. The lowest BCUT2D eigenvalue weighted by molar-refractivity contribution is -0.127.